The molecule has 0 aromatic heterocycles. The normalized spacial score (nSPS) is 19.4. The van der Waals surface area contributed by atoms with E-state index in [0.717, 1.165) is 0 Å². The van der Waals surface area contributed by atoms with E-state index in [2.05, 4.69) is 0 Å². The summed E-state index contributed by atoms with van der Waals surface area (Å²) < 4.78 is 5.30. The second-order valence-electron chi connectivity index (χ2n) is 5.29. The Hall–Kier alpha value is -0.530. The van der Waals surface area contributed by atoms with Crippen LogP contribution in [-0.4, -0.2) is 11.6 Å². The van der Waals surface area contributed by atoms with Crippen molar-refractivity contribution < 1.29 is 9.53 Å². The Morgan fingerprint density at radius 2 is 1.79 bits per heavy atom. The van der Waals surface area contributed by atoms with E-state index in [9.17, 15) is 4.79 Å². The van der Waals surface area contributed by atoms with Crippen LogP contribution in [0.3, 0.4) is 0 Å². The van der Waals surface area contributed by atoms with Gasteiger partial charge in [-0.1, -0.05) is 19.3 Å². The number of carbonyl (C=O) groups is 1. The van der Waals surface area contributed by atoms with Crippen LogP contribution in [0.5, 0.6) is 0 Å². The molecular weight excluding hydrogens is 176 g/mol. The predicted molar refractivity (Wildman–Crippen MR) is 57.0 cm³/mol. The van der Waals surface area contributed by atoms with Crippen LogP contribution in [0.25, 0.3) is 0 Å². The van der Waals surface area contributed by atoms with Gasteiger partial charge in [-0.3, -0.25) is 4.79 Å². The van der Waals surface area contributed by atoms with Crippen LogP contribution in [0.15, 0.2) is 0 Å². The van der Waals surface area contributed by atoms with Gasteiger partial charge in [-0.25, -0.2) is 0 Å². The average molecular weight is 198 g/mol. The lowest BCUT2D eigenvalue weighted by Crippen LogP contribution is -2.25. The molecule has 0 aliphatic heterocycles. The van der Waals surface area contributed by atoms with E-state index in [1.165, 1.54) is 32.1 Å². The van der Waals surface area contributed by atoms with Gasteiger partial charge in [0.15, 0.2) is 0 Å². The van der Waals surface area contributed by atoms with Gasteiger partial charge in [-0.15, -0.1) is 0 Å². The van der Waals surface area contributed by atoms with Gasteiger partial charge in [0, 0.05) is 6.42 Å². The molecule has 1 aliphatic rings. The van der Waals surface area contributed by atoms with E-state index in [-0.39, 0.29) is 11.6 Å². The van der Waals surface area contributed by atoms with Crippen LogP contribution in [-0.2, 0) is 9.53 Å². The Labute approximate surface area is 87.0 Å². The lowest BCUT2D eigenvalue weighted by Gasteiger charge is -2.24. The summed E-state index contributed by atoms with van der Waals surface area (Å²) in [5.41, 5.74) is -0.328. The molecule has 0 bridgehead atoms. The average Bonchev–Trinajstić information content (AvgIpc) is 2.02. The third-order valence-electron chi connectivity index (χ3n) is 2.60. The van der Waals surface area contributed by atoms with Crippen molar-refractivity contribution in [2.24, 2.45) is 5.92 Å². The molecule has 1 aliphatic carbocycles. The molecule has 0 atom stereocenters. The van der Waals surface area contributed by atoms with Gasteiger partial charge in [0.05, 0.1) is 0 Å². The minimum absolute atomic E-state index is 0.0237. The molecule has 0 spiro atoms. The summed E-state index contributed by atoms with van der Waals surface area (Å²) >= 11 is 0. The van der Waals surface area contributed by atoms with E-state index in [1.807, 2.05) is 20.8 Å². The molecule has 0 unspecified atom stereocenters. The summed E-state index contributed by atoms with van der Waals surface area (Å²) in [5, 5.41) is 0. The Balaban J connectivity index is 2.25. The third kappa shape index (κ3) is 4.64. The fourth-order valence-corrected chi connectivity index (χ4v) is 2.01. The van der Waals surface area contributed by atoms with E-state index >= 15 is 0 Å². The van der Waals surface area contributed by atoms with Crippen LogP contribution in [0, 0.1) is 5.92 Å². The fourth-order valence-electron chi connectivity index (χ4n) is 2.01. The van der Waals surface area contributed by atoms with E-state index in [4.69, 9.17) is 4.74 Å². The zero-order valence-corrected chi connectivity index (χ0v) is 9.64. The lowest BCUT2D eigenvalue weighted by molar-refractivity contribution is -0.156. The maximum absolute atomic E-state index is 11.5. The second kappa shape index (κ2) is 4.81. The zero-order chi connectivity index (χ0) is 10.6. The summed E-state index contributed by atoms with van der Waals surface area (Å²) in [7, 11) is 0. The van der Waals surface area contributed by atoms with Gasteiger partial charge >= 0.3 is 5.97 Å². The largest absolute Gasteiger partial charge is 0.460 e. The molecule has 0 heterocycles. The van der Waals surface area contributed by atoms with Crippen LogP contribution in [0.4, 0.5) is 0 Å². The first-order valence-electron chi connectivity index (χ1n) is 5.69. The lowest BCUT2D eigenvalue weighted by atomic mass is 9.87. The number of rotatable bonds is 2. The van der Waals surface area contributed by atoms with Crippen LogP contribution in [0.2, 0.25) is 0 Å². The molecule has 1 rings (SSSR count). The minimum Gasteiger partial charge on any atom is -0.460 e. The van der Waals surface area contributed by atoms with Gasteiger partial charge < -0.3 is 4.74 Å². The molecule has 0 aromatic carbocycles. The Morgan fingerprint density at radius 1 is 1.21 bits per heavy atom. The molecule has 1 fully saturated rings. The molecule has 1 saturated carbocycles. The number of hydrogen-bond donors (Lipinski definition) is 0. The molecule has 2 nitrogen and oxygen atoms in total. The van der Waals surface area contributed by atoms with Crippen LogP contribution < -0.4 is 0 Å². The van der Waals surface area contributed by atoms with Crippen molar-refractivity contribution in [1.29, 1.82) is 0 Å². The number of hydrogen-bond acceptors (Lipinski definition) is 2. The number of ether oxygens (including phenoxy) is 1. The van der Waals surface area contributed by atoms with E-state index in [0.29, 0.717) is 12.3 Å². The topological polar surface area (TPSA) is 26.3 Å². The highest BCUT2D eigenvalue weighted by molar-refractivity contribution is 5.70. The highest BCUT2D eigenvalue weighted by Crippen LogP contribution is 2.27. The number of carbonyl (C=O) groups excluding carboxylic acids is 1. The first kappa shape index (κ1) is 11.5. The van der Waals surface area contributed by atoms with Gasteiger partial charge in [0.25, 0.3) is 0 Å². The van der Waals surface area contributed by atoms with E-state index < -0.39 is 0 Å². The van der Waals surface area contributed by atoms with Crippen LogP contribution in [0.1, 0.15) is 59.3 Å². The summed E-state index contributed by atoms with van der Waals surface area (Å²) in [6.45, 7) is 5.77. The minimum atomic E-state index is -0.328. The second-order valence-corrected chi connectivity index (χ2v) is 5.29. The summed E-state index contributed by atoms with van der Waals surface area (Å²) in [5.74, 6) is 0.558. The van der Waals surface area contributed by atoms with Crippen molar-refractivity contribution in [2.75, 3.05) is 0 Å². The molecule has 0 N–H and O–H groups in total. The standard InChI is InChI=1S/C12H22O2/c1-12(2,3)14-11(13)9-10-7-5-4-6-8-10/h10H,4-9H2,1-3H3. The van der Waals surface area contributed by atoms with Crippen LogP contribution >= 0.6 is 0 Å². The smallest absolute Gasteiger partial charge is 0.306 e. The highest BCUT2D eigenvalue weighted by atomic mass is 16.6. The first-order chi connectivity index (χ1) is 6.47. The van der Waals surface area contributed by atoms with Crippen molar-refractivity contribution in [3.63, 3.8) is 0 Å². The number of esters is 1. The van der Waals surface area contributed by atoms with Crippen molar-refractivity contribution in [2.45, 2.75) is 64.9 Å². The molecule has 2 heteroatoms. The van der Waals surface area contributed by atoms with Gasteiger partial charge in [-0.05, 0) is 39.5 Å². The Bertz CT molecular complexity index is 185. The van der Waals surface area contributed by atoms with Gasteiger partial charge in [0.2, 0.25) is 0 Å². The molecular formula is C12H22O2. The quantitative estimate of drug-likeness (QED) is 0.636. The predicted octanol–water partition coefficient (Wildman–Crippen LogP) is 3.30. The maximum atomic E-state index is 11.5. The van der Waals surface area contributed by atoms with Crippen molar-refractivity contribution in [3.05, 3.63) is 0 Å². The Morgan fingerprint density at radius 3 is 2.29 bits per heavy atom. The maximum Gasteiger partial charge on any atom is 0.306 e. The fraction of sp³-hybridized carbons (Fsp3) is 0.917. The summed E-state index contributed by atoms with van der Waals surface area (Å²) in [6, 6.07) is 0. The van der Waals surface area contributed by atoms with Crippen molar-refractivity contribution in [1.82, 2.24) is 0 Å². The van der Waals surface area contributed by atoms with E-state index in [1.54, 1.807) is 0 Å². The molecule has 0 saturated heterocycles. The summed E-state index contributed by atoms with van der Waals surface area (Å²) in [4.78, 5) is 11.5. The van der Waals surface area contributed by atoms with Gasteiger partial charge in [-0.2, -0.15) is 0 Å². The molecule has 0 aromatic rings. The molecule has 14 heavy (non-hydrogen) atoms. The highest BCUT2D eigenvalue weighted by Gasteiger charge is 2.21. The van der Waals surface area contributed by atoms with Crippen molar-refractivity contribution in [3.8, 4) is 0 Å². The molecule has 0 amide bonds. The summed E-state index contributed by atoms with van der Waals surface area (Å²) in [6.07, 6.45) is 6.95. The molecule has 0 radical (unpaired) electrons. The SMILES string of the molecule is CC(C)(C)OC(=O)CC1CCCCC1. The van der Waals surface area contributed by atoms with Crippen molar-refractivity contribution >= 4 is 5.97 Å². The first-order valence-corrected chi connectivity index (χ1v) is 5.69. The monoisotopic (exact) mass is 198 g/mol. The Kier molecular flexibility index (Phi) is 3.97. The van der Waals surface area contributed by atoms with Gasteiger partial charge in [0.1, 0.15) is 5.60 Å². The third-order valence-corrected chi connectivity index (χ3v) is 2.60. The molecule has 82 valence electrons. The zero-order valence-electron chi connectivity index (χ0n) is 9.64.